The summed E-state index contributed by atoms with van der Waals surface area (Å²) in [6.07, 6.45) is 5.97. The smallest absolute Gasteiger partial charge is 0.117 e. The Morgan fingerprint density at radius 1 is 1.23 bits per heavy atom. The number of hydrogen-bond acceptors (Lipinski definition) is 2. The van der Waals surface area contributed by atoms with Gasteiger partial charge in [-0.25, -0.2) is 0 Å². The Morgan fingerprint density at radius 3 is 2.54 bits per heavy atom. The first-order chi connectivity index (χ1) is 6.34. The lowest BCUT2D eigenvalue weighted by Crippen LogP contribution is -2.21. The summed E-state index contributed by atoms with van der Waals surface area (Å²) in [4.78, 5) is 0. The SMILES string of the molecule is OCCC#C[C@@H](O)C1CCCCC1. The van der Waals surface area contributed by atoms with E-state index in [-0.39, 0.29) is 6.61 Å². The minimum atomic E-state index is -0.466. The molecule has 0 aromatic carbocycles. The van der Waals surface area contributed by atoms with Crippen LogP contribution in [-0.2, 0) is 0 Å². The van der Waals surface area contributed by atoms with Crippen LogP contribution in [0.15, 0.2) is 0 Å². The summed E-state index contributed by atoms with van der Waals surface area (Å²) in [5.74, 6) is 5.96. The van der Waals surface area contributed by atoms with E-state index in [0.29, 0.717) is 12.3 Å². The van der Waals surface area contributed by atoms with Crippen molar-refractivity contribution in [3.63, 3.8) is 0 Å². The molecule has 1 fully saturated rings. The number of aliphatic hydroxyl groups excluding tert-OH is 2. The molecule has 0 aliphatic heterocycles. The van der Waals surface area contributed by atoms with Crippen molar-refractivity contribution >= 4 is 0 Å². The van der Waals surface area contributed by atoms with Gasteiger partial charge in [0.2, 0.25) is 0 Å². The monoisotopic (exact) mass is 182 g/mol. The van der Waals surface area contributed by atoms with Crippen LogP contribution < -0.4 is 0 Å². The van der Waals surface area contributed by atoms with E-state index < -0.39 is 6.10 Å². The second-order valence-electron chi connectivity index (χ2n) is 3.64. The van der Waals surface area contributed by atoms with Gasteiger partial charge in [0, 0.05) is 6.42 Å². The molecule has 0 aromatic heterocycles. The van der Waals surface area contributed by atoms with Gasteiger partial charge < -0.3 is 10.2 Å². The molecule has 0 aromatic rings. The fourth-order valence-electron chi connectivity index (χ4n) is 1.80. The predicted molar refractivity (Wildman–Crippen MR) is 52.1 cm³/mol. The maximum Gasteiger partial charge on any atom is 0.117 e. The molecule has 1 aliphatic rings. The predicted octanol–water partition coefficient (Wildman–Crippen LogP) is 1.31. The summed E-state index contributed by atoms with van der Waals surface area (Å²) in [6, 6.07) is 0. The van der Waals surface area contributed by atoms with Gasteiger partial charge in [0.05, 0.1) is 6.61 Å². The molecule has 2 nitrogen and oxygen atoms in total. The van der Waals surface area contributed by atoms with Crippen molar-refractivity contribution in [3.05, 3.63) is 0 Å². The van der Waals surface area contributed by atoms with E-state index in [0.717, 1.165) is 12.8 Å². The maximum atomic E-state index is 9.65. The van der Waals surface area contributed by atoms with Gasteiger partial charge >= 0.3 is 0 Å². The highest BCUT2D eigenvalue weighted by atomic mass is 16.3. The van der Waals surface area contributed by atoms with Gasteiger partial charge in [-0.05, 0) is 18.8 Å². The summed E-state index contributed by atoms with van der Waals surface area (Å²) in [6.45, 7) is 0.0877. The average molecular weight is 182 g/mol. The molecule has 0 heterocycles. The van der Waals surface area contributed by atoms with E-state index in [1.165, 1.54) is 19.3 Å². The third-order valence-electron chi connectivity index (χ3n) is 2.58. The topological polar surface area (TPSA) is 40.5 Å². The number of rotatable bonds is 2. The van der Waals surface area contributed by atoms with Crippen LogP contribution in [0.5, 0.6) is 0 Å². The Bertz CT molecular complexity index is 184. The summed E-state index contributed by atoms with van der Waals surface area (Å²) in [7, 11) is 0. The Labute approximate surface area is 80.0 Å². The summed E-state index contributed by atoms with van der Waals surface area (Å²) >= 11 is 0. The number of aliphatic hydroxyl groups is 2. The van der Waals surface area contributed by atoms with Crippen LogP contribution >= 0.6 is 0 Å². The molecule has 1 rings (SSSR count). The molecule has 1 saturated carbocycles. The molecule has 1 atom stereocenters. The molecule has 0 saturated heterocycles. The van der Waals surface area contributed by atoms with Gasteiger partial charge in [-0.1, -0.05) is 31.1 Å². The zero-order chi connectivity index (χ0) is 9.52. The first-order valence-electron chi connectivity index (χ1n) is 5.12. The molecular formula is C11H18O2. The molecular weight excluding hydrogens is 164 g/mol. The quantitative estimate of drug-likeness (QED) is 0.632. The lowest BCUT2D eigenvalue weighted by Gasteiger charge is -2.23. The molecule has 13 heavy (non-hydrogen) atoms. The highest BCUT2D eigenvalue weighted by molar-refractivity contribution is 5.06. The van der Waals surface area contributed by atoms with Crippen molar-refractivity contribution in [2.24, 2.45) is 5.92 Å². The van der Waals surface area contributed by atoms with Crippen molar-refractivity contribution in [1.82, 2.24) is 0 Å². The van der Waals surface area contributed by atoms with Crippen molar-refractivity contribution in [2.45, 2.75) is 44.6 Å². The van der Waals surface area contributed by atoms with Gasteiger partial charge in [0.25, 0.3) is 0 Å². The van der Waals surface area contributed by atoms with Crippen LogP contribution in [0.2, 0.25) is 0 Å². The van der Waals surface area contributed by atoms with Gasteiger partial charge in [0.15, 0.2) is 0 Å². The van der Waals surface area contributed by atoms with E-state index in [2.05, 4.69) is 11.8 Å². The van der Waals surface area contributed by atoms with Crippen molar-refractivity contribution in [1.29, 1.82) is 0 Å². The van der Waals surface area contributed by atoms with Crippen molar-refractivity contribution < 1.29 is 10.2 Å². The second-order valence-corrected chi connectivity index (χ2v) is 3.64. The molecule has 0 radical (unpaired) electrons. The lowest BCUT2D eigenvalue weighted by molar-refractivity contribution is 0.133. The minimum Gasteiger partial charge on any atom is -0.395 e. The Kier molecular flexibility index (Phi) is 4.88. The van der Waals surface area contributed by atoms with Crippen LogP contribution in [0.1, 0.15) is 38.5 Å². The van der Waals surface area contributed by atoms with Gasteiger partial charge in [0.1, 0.15) is 6.10 Å². The first kappa shape index (κ1) is 10.6. The second kappa shape index (κ2) is 6.01. The highest BCUT2D eigenvalue weighted by Gasteiger charge is 2.19. The average Bonchev–Trinajstić information content (AvgIpc) is 2.19. The minimum absolute atomic E-state index is 0.0877. The maximum absolute atomic E-state index is 9.65. The lowest BCUT2D eigenvalue weighted by atomic mass is 9.85. The molecule has 74 valence electrons. The van der Waals surface area contributed by atoms with E-state index in [4.69, 9.17) is 5.11 Å². The van der Waals surface area contributed by atoms with Crippen LogP contribution in [0.25, 0.3) is 0 Å². The number of hydrogen-bond donors (Lipinski definition) is 2. The fraction of sp³-hybridized carbons (Fsp3) is 0.818. The van der Waals surface area contributed by atoms with E-state index in [1.807, 2.05) is 0 Å². The van der Waals surface area contributed by atoms with E-state index in [1.54, 1.807) is 0 Å². The normalized spacial score (nSPS) is 20.5. The Morgan fingerprint density at radius 2 is 1.92 bits per heavy atom. The third-order valence-corrected chi connectivity index (χ3v) is 2.58. The fourth-order valence-corrected chi connectivity index (χ4v) is 1.80. The highest BCUT2D eigenvalue weighted by Crippen LogP contribution is 2.25. The molecule has 2 N–H and O–H groups in total. The van der Waals surface area contributed by atoms with Crippen LogP contribution in [-0.4, -0.2) is 22.9 Å². The van der Waals surface area contributed by atoms with Crippen LogP contribution in [0, 0.1) is 17.8 Å². The zero-order valence-corrected chi connectivity index (χ0v) is 8.00. The molecule has 0 unspecified atom stereocenters. The molecule has 1 aliphatic carbocycles. The van der Waals surface area contributed by atoms with Crippen molar-refractivity contribution in [3.8, 4) is 11.8 Å². The van der Waals surface area contributed by atoms with Crippen LogP contribution in [0.3, 0.4) is 0 Å². The summed E-state index contributed by atoms with van der Waals surface area (Å²) in [5, 5.41) is 18.2. The van der Waals surface area contributed by atoms with Gasteiger partial charge in [-0.15, -0.1) is 0 Å². The molecule has 0 amide bonds. The van der Waals surface area contributed by atoms with Crippen molar-refractivity contribution in [2.75, 3.05) is 6.61 Å². The van der Waals surface area contributed by atoms with E-state index in [9.17, 15) is 5.11 Å². The van der Waals surface area contributed by atoms with Gasteiger partial charge in [-0.2, -0.15) is 0 Å². The standard InChI is InChI=1S/C11H18O2/c12-9-5-4-8-11(13)10-6-2-1-3-7-10/h10-13H,1-3,5-7,9H2/t11-/m1/s1. The van der Waals surface area contributed by atoms with Gasteiger partial charge in [-0.3, -0.25) is 0 Å². The molecule has 0 bridgehead atoms. The van der Waals surface area contributed by atoms with E-state index >= 15 is 0 Å². The summed E-state index contributed by atoms with van der Waals surface area (Å²) in [5.41, 5.74) is 0. The largest absolute Gasteiger partial charge is 0.395 e. The first-order valence-corrected chi connectivity index (χ1v) is 5.12. The summed E-state index contributed by atoms with van der Waals surface area (Å²) < 4.78 is 0. The Balaban J connectivity index is 2.29. The Hall–Kier alpha value is -0.520. The third kappa shape index (κ3) is 3.80. The van der Waals surface area contributed by atoms with Crippen LogP contribution in [0.4, 0.5) is 0 Å². The molecule has 2 heteroatoms. The zero-order valence-electron chi connectivity index (χ0n) is 8.00. The molecule has 0 spiro atoms.